The van der Waals surface area contributed by atoms with Crippen molar-refractivity contribution in [3.63, 3.8) is 0 Å². The SMILES string of the molecule is Cc1nc(-c2ccc(C(=O)OC(C)C(=O)Nc3ccc4c(c3)OCO4)cc2)[nH]c1C. The molecule has 4 rings (SSSR count). The topological polar surface area (TPSA) is 103 Å². The second kappa shape index (κ2) is 7.90. The number of carbonyl (C=O) groups excluding carboxylic acids is 2. The van der Waals surface area contributed by atoms with Gasteiger partial charge in [-0.05, 0) is 45.0 Å². The molecule has 0 spiro atoms. The fraction of sp³-hybridized carbons (Fsp3) is 0.227. The van der Waals surface area contributed by atoms with E-state index in [1.807, 2.05) is 13.8 Å². The number of anilines is 1. The molecule has 1 aliphatic heterocycles. The fourth-order valence-corrected chi connectivity index (χ4v) is 2.95. The molecule has 1 aromatic heterocycles. The number of fused-ring (bicyclic) bond motifs is 1. The molecule has 0 fully saturated rings. The van der Waals surface area contributed by atoms with Gasteiger partial charge in [0.15, 0.2) is 17.6 Å². The molecule has 1 unspecified atom stereocenters. The van der Waals surface area contributed by atoms with Gasteiger partial charge < -0.3 is 24.5 Å². The van der Waals surface area contributed by atoms with Crippen LogP contribution in [0.15, 0.2) is 42.5 Å². The van der Waals surface area contributed by atoms with E-state index in [9.17, 15) is 9.59 Å². The number of nitrogens with zero attached hydrogens (tertiary/aromatic N) is 1. The van der Waals surface area contributed by atoms with Gasteiger partial charge >= 0.3 is 5.97 Å². The summed E-state index contributed by atoms with van der Waals surface area (Å²) in [5.41, 5.74) is 3.66. The van der Waals surface area contributed by atoms with E-state index in [4.69, 9.17) is 14.2 Å². The van der Waals surface area contributed by atoms with Crippen molar-refractivity contribution < 1.29 is 23.8 Å². The van der Waals surface area contributed by atoms with Crippen LogP contribution in [0.1, 0.15) is 28.7 Å². The normalized spacial score (nSPS) is 13.0. The first-order valence-electron chi connectivity index (χ1n) is 9.46. The third-order valence-electron chi connectivity index (χ3n) is 4.82. The van der Waals surface area contributed by atoms with Gasteiger partial charge in [-0.2, -0.15) is 0 Å². The lowest BCUT2D eigenvalue weighted by molar-refractivity contribution is -0.123. The number of imidazole rings is 1. The second-order valence-corrected chi connectivity index (χ2v) is 6.98. The summed E-state index contributed by atoms with van der Waals surface area (Å²) in [6, 6.07) is 11.9. The first kappa shape index (κ1) is 19.5. The summed E-state index contributed by atoms with van der Waals surface area (Å²) in [4.78, 5) is 32.4. The molecular formula is C22H21N3O5. The van der Waals surface area contributed by atoms with Gasteiger partial charge in [-0.3, -0.25) is 4.79 Å². The number of hydrogen-bond acceptors (Lipinski definition) is 6. The average Bonchev–Trinajstić information content (AvgIpc) is 3.34. The van der Waals surface area contributed by atoms with E-state index >= 15 is 0 Å². The van der Waals surface area contributed by atoms with Crippen LogP contribution in [-0.4, -0.2) is 34.7 Å². The summed E-state index contributed by atoms with van der Waals surface area (Å²) in [6.45, 7) is 5.55. The Hall–Kier alpha value is -3.81. The highest BCUT2D eigenvalue weighted by Crippen LogP contribution is 2.34. The molecule has 0 saturated carbocycles. The van der Waals surface area contributed by atoms with Crippen molar-refractivity contribution in [3.05, 3.63) is 59.4 Å². The quantitative estimate of drug-likeness (QED) is 0.627. The molecule has 1 aliphatic rings. The number of rotatable bonds is 5. The maximum Gasteiger partial charge on any atom is 0.338 e. The Morgan fingerprint density at radius 1 is 1.10 bits per heavy atom. The van der Waals surface area contributed by atoms with E-state index in [2.05, 4.69) is 15.3 Å². The largest absolute Gasteiger partial charge is 0.454 e. The third kappa shape index (κ3) is 3.98. The van der Waals surface area contributed by atoms with Crippen LogP contribution < -0.4 is 14.8 Å². The van der Waals surface area contributed by atoms with Gasteiger partial charge in [0.05, 0.1) is 11.3 Å². The molecule has 154 valence electrons. The first-order chi connectivity index (χ1) is 14.4. The summed E-state index contributed by atoms with van der Waals surface area (Å²) in [6.07, 6.45) is -0.974. The fourth-order valence-electron chi connectivity index (χ4n) is 2.95. The summed E-state index contributed by atoms with van der Waals surface area (Å²) in [5.74, 6) is 0.888. The van der Waals surface area contributed by atoms with Crippen LogP contribution >= 0.6 is 0 Å². The number of aryl methyl sites for hydroxylation is 2. The van der Waals surface area contributed by atoms with Crippen molar-refractivity contribution in [3.8, 4) is 22.9 Å². The van der Waals surface area contributed by atoms with Gasteiger partial charge in [0.2, 0.25) is 6.79 Å². The highest BCUT2D eigenvalue weighted by Gasteiger charge is 2.21. The van der Waals surface area contributed by atoms with E-state index in [0.717, 1.165) is 22.8 Å². The van der Waals surface area contributed by atoms with Crippen LogP contribution in [0.4, 0.5) is 5.69 Å². The molecule has 1 amide bonds. The van der Waals surface area contributed by atoms with Gasteiger partial charge in [0.1, 0.15) is 5.82 Å². The summed E-state index contributed by atoms with van der Waals surface area (Å²) in [7, 11) is 0. The third-order valence-corrected chi connectivity index (χ3v) is 4.82. The Kier molecular flexibility index (Phi) is 5.14. The number of H-pyrrole nitrogens is 1. The van der Waals surface area contributed by atoms with Crippen LogP contribution in [0.3, 0.4) is 0 Å². The molecule has 0 aliphatic carbocycles. The predicted octanol–water partition coefficient (Wildman–Crippen LogP) is 3.61. The smallest absolute Gasteiger partial charge is 0.338 e. The zero-order chi connectivity index (χ0) is 21.3. The summed E-state index contributed by atoms with van der Waals surface area (Å²) >= 11 is 0. The molecule has 3 aromatic rings. The molecule has 8 nitrogen and oxygen atoms in total. The van der Waals surface area contributed by atoms with E-state index in [1.54, 1.807) is 42.5 Å². The number of carbonyl (C=O) groups is 2. The van der Waals surface area contributed by atoms with Crippen LogP contribution in [0.2, 0.25) is 0 Å². The lowest BCUT2D eigenvalue weighted by Crippen LogP contribution is -2.30. The highest BCUT2D eigenvalue weighted by atomic mass is 16.7. The Labute approximate surface area is 173 Å². The zero-order valence-electron chi connectivity index (χ0n) is 16.8. The van der Waals surface area contributed by atoms with E-state index in [0.29, 0.717) is 22.7 Å². The first-order valence-corrected chi connectivity index (χ1v) is 9.46. The van der Waals surface area contributed by atoms with Gasteiger partial charge in [0.25, 0.3) is 5.91 Å². The number of aromatic amines is 1. The molecule has 1 atom stereocenters. The van der Waals surface area contributed by atoms with Gasteiger partial charge in [0, 0.05) is 23.0 Å². The minimum absolute atomic E-state index is 0.151. The van der Waals surface area contributed by atoms with Crippen LogP contribution in [0.25, 0.3) is 11.4 Å². The molecule has 0 bridgehead atoms. The molecule has 8 heteroatoms. The number of benzene rings is 2. The standard InChI is InChI=1S/C22H21N3O5/c1-12-13(2)24-20(23-12)15-4-6-16(7-5-15)22(27)30-14(3)21(26)25-17-8-9-18-19(10-17)29-11-28-18/h4-10,14H,11H2,1-3H3,(H,23,24)(H,25,26). The van der Waals surface area contributed by atoms with Gasteiger partial charge in [-0.1, -0.05) is 12.1 Å². The lowest BCUT2D eigenvalue weighted by atomic mass is 10.1. The van der Waals surface area contributed by atoms with Crippen molar-refractivity contribution in [2.75, 3.05) is 12.1 Å². The van der Waals surface area contributed by atoms with Gasteiger partial charge in [-0.25, -0.2) is 9.78 Å². The highest BCUT2D eigenvalue weighted by molar-refractivity contribution is 5.97. The number of nitrogens with one attached hydrogen (secondary N) is 2. The van der Waals surface area contributed by atoms with E-state index in [-0.39, 0.29) is 6.79 Å². The maximum absolute atomic E-state index is 12.4. The molecule has 0 radical (unpaired) electrons. The van der Waals surface area contributed by atoms with E-state index < -0.39 is 18.0 Å². The number of esters is 1. The van der Waals surface area contributed by atoms with Crippen LogP contribution in [0, 0.1) is 13.8 Å². The lowest BCUT2D eigenvalue weighted by Gasteiger charge is -2.14. The maximum atomic E-state index is 12.4. The molecule has 2 heterocycles. The number of ether oxygens (including phenoxy) is 3. The number of hydrogen-bond donors (Lipinski definition) is 2. The Bertz CT molecular complexity index is 1080. The second-order valence-electron chi connectivity index (χ2n) is 6.98. The number of amides is 1. The summed E-state index contributed by atoms with van der Waals surface area (Å²) < 4.78 is 15.8. The van der Waals surface area contributed by atoms with Crippen molar-refractivity contribution in [2.24, 2.45) is 0 Å². The Morgan fingerprint density at radius 3 is 2.53 bits per heavy atom. The van der Waals surface area contributed by atoms with Crippen molar-refractivity contribution in [2.45, 2.75) is 26.9 Å². The molecular weight excluding hydrogens is 386 g/mol. The van der Waals surface area contributed by atoms with Crippen LogP contribution in [-0.2, 0) is 9.53 Å². The van der Waals surface area contributed by atoms with Crippen molar-refractivity contribution >= 4 is 17.6 Å². The van der Waals surface area contributed by atoms with Gasteiger partial charge in [-0.15, -0.1) is 0 Å². The summed E-state index contributed by atoms with van der Waals surface area (Å²) in [5, 5.41) is 2.70. The Balaban J connectivity index is 1.37. The average molecular weight is 407 g/mol. The molecule has 30 heavy (non-hydrogen) atoms. The van der Waals surface area contributed by atoms with Crippen LogP contribution in [0.5, 0.6) is 11.5 Å². The number of aromatic nitrogens is 2. The minimum atomic E-state index is -0.974. The molecule has 0 saturated heterocycles. The van der Waals surface area contributed by atoms with E-state index in [1.165, 1.54) is 6.92 Å². The minimum Gasteiger partial charge on any atom is -0.454 e. The monoisotopic (exact) mass is 407 g/mol. The van der Waals surface area contributed by atoms with Crippen molar-refractivity contribution in [1.82, 2.24) is 9.97 Å². The molecule has 2 N–H and O–H groups in total. The molecule has 2 aromatic carbocycles. The Morgan fingerprint density at radius 2 is 1.83 bits per heavy atom. The zero-order valence-corrected chi connectivity index (χ0v) is 16.8. The predicted molar refractivity (Wildman–Crippen MR) is 110 cm³/mol. The van der Waals surface area contributed by atoms with Crippen molar-refractivity contribution in [1.29, 1.82) is 0 Å².